The molecule has 0 fully saturated rings. The highest BCUT2D eigenvalue weighted by Crippen LogP contribution is 2.21. The summed E-state index contributed by atoms with van der Waals surface area (Å²) < 4.78 is 40.2. The van der Waals surface area contributed by atoms with E-state index in [4.69, 9.17) is 11.6 Å². The lowest BCUT2D eigenvalue weighted by molar-refractivity contribution is -0.154. The van der Waals surface area contributed by atoms with E-state index in [-0.39, 0.29) is 11.0 Å². The third-order valence-corrected chi connectivity index (χ3v) is 2.05. The smallest absolute Gasteiger partial charge is 0.422 e. The number of ether oxygens (including phenoxy) is 1. The van der Waals surface area contributed by atoms with E-state index in [1.54, 1.807) is 0 Å². The van der Waals surface area contributed by atoms with Crippen LogP contribution in [0.4, 0.5) is 13.2 Å². The maximum absolute atomic E-state index is 11.9. The lowest BCUT2D eigenvalue weighted by Gasteiger charge is -2.08. The molecule has 2 aromatic rings. The average Bonchev–Trinajstić information content (AvgIpc) is 2.26. The van der Waals surface area contributed by atoms with Crippen LogP contribution >= 0.6 is 11.6 Å². The second-order valence-electron chi connectivity index (χ2n) is 3.08. The predicted molar refractivity (Wildman–Crippen MR) is 53.9 cm³/mol. The topological polar surface area (TPSA) is 47.9 Å². The second-order valence-corrected chi connectivity index (χ2v) is 3.44. The van der Waals surface area contributed by atoms with Crippen molar-refractivity contribution in [3.8, 4) is 5.88 Å². The summed E-state index contributed by atoms with van der Waals surface area (Å²) in [4.78, 5) is 11.4. The number of nitrogens with zero attached hydrogens (tertiary/aromatic N) is 3. The third kappa shape index (κ3) is 2.94. The molecule has 0 aliphatic rings. The monoisotopic (exact) mass is 263 g/mol. The van der Waals surface area contributed by atoms with Gasteiger partial charge in [-0.1, -0.05) is 11.6 Å². The Morgan fingerprint density at radius 1 is 1.29 bits per heavy atom. The molecule has 17 heavy (non-hydrogen) atoms. The molecule has 4 nitrogen and oxygen atoms in total. The molecule has 8 heteroatoms. The van der Waals surface area contributed by atoms with E-state index < -0.39 is 12.8 Å². The molecule has 0 aromatic carbocycles. The van der Waals surface area contributed by atoms with Crippen molar-refractivity contribution in [2.45, 2.75) is 6.18 Å². The standard InChI is InChI=1S/C9H5ClF3N3O/c10-8-7-5(1-2-14-8)16-6(3-15-7)17-4-9(11,12)13/h1-3H,4H2. The zero-order valence-corrected chi connectivity index (χ0v) is 8.96. The van der Waals surface area contributed by atoms with E-state index >= 15 is 0 Å². The van der Waals surface area contributed by atoms with Crippen molar-refractivity contribution >= 4 is 22.6 Å². The first kappa shape index (κ1) is 11.8. The number of fused-ring (bicyclic) bond motifs is 1. The van der Waals surface area contributed by atoms with Crippen LogP contribution in [0.25, 0.3) is 11.0 Å². The summed E-state index contributed by atoms with van der Waals surface area (Å²) in [6.45, 7) is -1.41. The molecule has 0 saturated heterocycles. The number of hydrogen-bond donors (Lipinski definition) is 0. The van der Waals surface area contributed by atoms with Crippen molar-refractivity contribution in [1.82, 2.24) is 15.0 Å². The van der Waals surface area contributed by atoms with E-state index in [0.29, 0.717) is 11.0 Å². The normalized spacial score (nSPS) is 11.8. The van der Waals surface area contributed by atoms with Crippen molar-refractivity contribution in [3.05, 3.63) is 23.6 Å². The summed E-state index contributed by atoms with van der Waals surface area (Å²) in [5, 5.41) is 0.136. The average molecular weight is 264 g/mol. The van der Waals surface area contributed by atoms with Gasteiger partial charge in [-0.05, 0) is 6.07 Å². The Kier molecular flexibility index (Phi) is 3.01. The second kappa shape index (κ2) is 4.33. The van der Waals surface area contributed by atoms with Crippen LogP contribution in [0.2, 0.25) is 5.15 Å². The number of halogens is 4. The summed E-state index contributed by atoms with van der Waals surface area (Å²) in [6.07, 6.45) is -1.96. The fraction of sp³-hybridized carbons (Fsp3) is 0.222. The molecule has 0 radical (unpaired) electrons. The first-order valence-corrected chi connectivity index (χ1v) is 4.80. The number of aromatic nitrogens is 3. The number of rotatable bonds is 2. The Morgan fingerprint density at radius 3 is 2.76 bits per heavy atom. The van der Waals surface area contributed by atoms with Crippen LogP contribution in [0.5, 0.6) is 5.88 Å². The highest BCUT2D eigenvalue weighted by molar-refractivity contribution is 6.33. The lowest BCUT2D eigenvalue weighted by atomic mass is 10.4. The van der Waals surface area contributed by atoms with Gasteiger partial charge in [0.05, 0.1) is 11.7 Å². The van der Waals surface area contributed by atoms with Gasteiger partial charge < -0.3 is 4.74 Å². The van der Waals surface area contributed by atoms with Gasteiger partial charge >= 0.3 is 6.18 Å². The van der Waals surface area contributed by atoms with Crippen LogP contribution in [-0.4, -0.2) is 27.7 Å². The zero-order chi connectivity index (χ0) is 12.5. The van der Waals surface area contributed by atoms with Crippen LogP contribution < -0.4 is 4.74 Å². The van der Waals surface area contributed by atoms with Gasteiger partial charge in [0, 0.05) is 6.20 Å². The van der Waals surface area contributed by atoms with Gasteiger partial charge in [-0.3, -0.25) is 0 Å². The molecule has 0 aliphatic heterocycles. The Labute approximate surface area is 98.4 Å². The molecular formula is C9H5ClF3N3O. The maximum atomic E-state index is 11.9. The van der Waals surface area contributed by atoms with Gasteiger partial charge in [0.2, 0.25) is 5.88 Å². The highest BCUT2D eigenvalue weighted by Gasteiger charge is 2.28. The number of alkyl halides is 3. The van der Waals surface area contributed by atoms with E-state index in [1.807, 2.05) is 0 Å². The quantitative estimate of drug-likeness (QED) is 0.782. The van der Waals surface area contributed by atoms with E-state index in [2.05, 4.69) is 19.7 Å². The molecule has 0 unspecified atom stereocenters. The Bertz CT molecular complexity index is 546. The largest absolute Gasteiger partial charge is 0.467 e. The van der Waals surface area contributed by atoms with Gasteiger partial charge in [0.25, 0.3) is 0 Å². The van der Waals surface area contributed by atoms with Gasteiger partial charge in [0.15, 0.2) is 11.8 Å². The summed E-state index contributed by atoms with van der Waals surface area (Å²) in [5.74, 6) is -0.211. The molecule has 90 valence electrons. The summed E-state index contributed by atoms with van der Waals surface area (Å²) in [5.41, 5.74) is 0.637. The molecule has 0 N–H and O–H groups in total. The fourth-order valence-corrected chi connectivity index (χ4v) is 1.32. The minimum absolute atomic E-state index is 0.136. The Balaban J connectivity index is 2.26. The van der Waals surface area contributed by atoms with Gasteiger partial charge in [-0.15, -0.1) is 0 Å². The zero-order valence-electron chi connectivity index (χ0n) is 8.20. The minimum Gasteiger partial charge on any atom is -0.467 e. The first-order chi connectivity index (χ1) is 7.96. The molecule has 2 aromatic heterocycles. The SMILES string of the molecule is FC(F)(F)COc1cnc2c(Cl)nccc2n1. The molecule has 2 heterocycles. The van der Waals surface area contributed by atoms with Crippen LogP contribution in [0.15, 0.2) is 18.5 Å². The Hall–Kier alpha value is -1.63. The van der Waals surface area contributed by atoms with Crippen LogP contribution in [0.1, 0.15) is 0 Å². The molecule has 2 rings (SSSR count). The van der Waals surface area contributed by atoms with Gasteiger partial charge in [0.1, 0.15) is 5.52 Å². The van der Waals surface area contributed by atoms with E-state index in [1.165, 1.54) is 12.3 Å². The van der Waals surface area contributed by atoms with Crippen molar-refractivity contribution in [3.63, 3.8) is 0 Å². The van der Waals surface area contributed by atoms with Crippen LogP contribution in [-0.2, 0) is 0 Å². The minimum atomic E-state index is -4.41. The fourth-order valence-electron chi connectivity index (χ4n) is 1.12. The molecule has 0 aliphatic carbocycles. The predicted octanol–water partition coefficient (Wildman–Crippen LogP) is 2.62. The summed E-state index contributed by atoms with van der Waals surface area (Å²) in [7, 11) is 0. The first-order valence-electron chi connectivity index (χ1n) is 4.42. The van der Waals surface area contributed by atoms with Gasteiger partial charge in [-0.25, -0.2) is 15.0 Å². The van der Waals surface area contributed by atoms with E-state index in [0.717, 1.165) is 6.20 Å². The summed E-state index contributed by atoms with van der Waals surface area (Å²) in [6, 6.07) is 1.48. The van der Waals surface area contributed by atoms with Crippen molar-refractivity contribution < 1.29 is 17.9 Å². The van der Waals surface area contributed by atoms with Crippen LogP contribution in [0.3, 0.4) is 0 Å². The van der Waals surface area contributed by atoms with Crippen molar-refractivity contribution in [2.24, 2.45) is 0 Å². The number of hydrogen-bond acceptors (Lipinski definition) is 4. The Morgan fingerprint density at radius 2 is 2.06 bits per heavy atom. The van der Waals surface area contributed by atoms with Gasteiger partial charge in [-0.2, -0.15) is 13.2 Å². The number of pyridine rings is 1. The lowest BCUT2D eigenvalue weighted by Crippen LogP contribution is -2.19. The van der Waals surface area contributed by atoms with Crippen molar-refractivity contribution in [2.75, 3.05) is 6.61 Å². The molecule has 0 saturated carbocycles. The molecule has 0 spiro atoms. The van der Waals surface area contributed by atoms with Crippen molar-refractivity contribution in [1.29, 1.82) is 0 Å². The third-order valence-electron chi connectivity index (χ3n) is 1.78. The molecule has 0 atom stereocenters. The molecule has 0 bridgehead atoms. The highest BCUT2D eigenvalue weighted by atomic mass is 35.5. The maximum Gasteiger partial charge on any atom is 0.422 e. The summed E-state index contributed by atoms with van der Waals surface area (Å²) >= 11 is 5.72. The molecule has 0 amide bonds. The van der Waals surface area contributed by atoms with Crippen LogP contribution in [0, 0.1) is 0 Å². The van der Waals surface area contributed by atoms with E-state index in [9.17, 15) is 13.2 Å². The molecular weight excluding hydrogens is 259 g/mol.